The van der Waals surface area contributed by atoms with Crippen LogP contribution >= 0.6 is 15.9 Å². The minimum Gasteiger partial charge on any atom is -0.336 e. The monoisotopic (exact) mass is 231 g/mol. The van der Waals surface area contributed by atoms with Crippen molar-refractivity contribution in [3.8, 4) is 0 Å². The van der Waals surface area contributed by atoms with E-state index in [1.54, 1.807) is 13.0 Å². The van der Waals surface area contributed by atoms with Crippen LogP contribution in [0.5, 0.6) is 0 Å². The van der Waals surface area contributed by atoms with Gasteiger partial charge in [-0.3, -0.25) is 4.79 Å². The zero-order valence-corrected chi connectivity index (χ0v) is 9.47. The summed E-state index contributed by atoms with van der Waals surface area (Å²) in [6, 6.07) is 3.66. The number of halogens is 1. The largest absolute Gasteiger partial charge is 0.336 e. The van der Waals surface area contributed by atoms with Gasteiger partial charge in [-0.05, 0) is 28.1 Å². The summed E-state index contributed by atoms with van der Waals surface area (Å²) in [4.78, 5) is 10.8. The zero-order valence-electron chi connectivity index (χ0n) is 7.89. The van der Waals surface area contributed by atoms with E-state index in [0.717, 1.165) is 10.3 Å². The Kier molecular flexibility index (Phi) is 4.90. The van der Waals surface area contributed by atoms with Crippen LogP contribution in [0.3, 0.4) is 0 Å². The fourth-order valence-electron chi connectivity index (χ4n) is 0.840. The highest BCUT2D eigenvalue weighted by Gasteiger charge is 2.04. The van der Waals surface area contributed by atoms with Crippen molar-refractivity contribution in [3.05, 3.63) is 22.4 Å². The fraction of sp³-hybridized carbons (Fsp3) is 0.444. The van der Waals surface area contributed by atoms with Crippen molar-refractivity contribution < 1.29 is 4.79 Å². The molecule has 0 fully saturated rings. The lowest BCUT2D eigenvalue weighted by atomic mass is 10.3. The lowest BCUT2D eigenvalue weighted by molar-refractivity contribution is 0.101. The second kappa shape index (κ2) is 5.14. The molecule has 1 aromatic rings. The first-order valence-corrected chi connectivity index (χ1v) is 4.74. The Bertz CT molecular complexity index is 265. The van der Waals surface area contributed by atoms with Crippen LogP contribution in [0.15, 0.2) is 16.7 Å². The third kappa shape index (κ3) is 2.48. The third-order valence-corrected chi connectivity index (χ3v) is 2.22. The first-order valence-electron chi connectivity index (χ1n) is 3.95. The third-order valence-electron chi connectivity index (χ3n) is 1.42. The highest BCUT2D eigenvalue weighted by Crippen LogP contribution is 2.13. The molecule has 0 bridgehead atoms. The molecule has 1 heterocycles. The molecule has 0 unspecified atom stereocenters. The molecule has 0 aromatic carbocycles. The Hall–Kier alpha value is -0.570. The van der Waals surface area contributed by atoms with E-state index in [4.69, 9.17) is 0 Å². The molecule has 0 spiro atoms. The fourth-order valence-corrected chi connectivity index (χ4v) is 1.16. The lowest BCUT2D eigenvalue weighted by Gasteiger charge is -1.97. The van der Waals surface area contributed by atoms with Crippen molar-refractivity contribution >= 4 is 21.7 Å². The second-order valence-electron chi connectivity index (χ2n) is 2.16. The predicted octanol–water partition coefficient (Wildman–Crippen LogP) is 3.02. The number of ketones is 1. The average Bonchev–Trinajstić information content (AvgIpc) is 2.37. The van der Waals surface area contributed by atoms with Crippen molar-refractivity contribution in [2.24, 2.45) is 7.05 Å². The standard InChI is InChI=1S/C7H8BrNO.C2H6/c1-5(10)6-3-4-7(8)9(6)2;1-2/h3-4H,1-2H3;1-2H3. The van der Waals surface area contributed by atoms with Crippen LogP contribution < -0.4 is 0 Å². The van der Waals surface area contributed by atoms with E-state index in [-0.39, 0.29) is 5.78 Å². The highest BCUT2D eigenvalue weighted by atomic mass is 79.9. The van der Waals surface area contributed by atoms with E-state index in [2.05, 4.69) is 15.9 Å². The van der Waals surface area contributed by atoms with E-state index in [1.165, 1.54) is 0 Å². The van der Waals surface area contributed by atoms with Gasteiger partial charge in [0.15, 0.2) is 5.78 Å². The van der Waals surface area contributed by atoms with Crippen molar-refractivity contribution in [2.75, 3.05) is 0 Å². The molecule has 0 saturated carbocycles. The van der Waals surface area contributed by atoms with Gasteiger partial charge in [-0.25, -0.2) is 0 Å². The van der Waals surface area contributed by atoms with Gasteiger partial charge in [0.25, 0.3) is 0 Å². The van der Waals surface area contributed by atoms with Gasteiger partial charge in [0.1, 0.15) is 0 Å². The summed E-state index contributed by atoms with van der Waals surface area (Å²) < 4.78 is 2.74. The summed E-state index contributed by atoms with van der Waals surface area (Å²) in [5.74, 6) is 0.0909. The quantitative estimate of drug-likeness (QED) is 0.682. The van der Waals surface area contributed by atoms with Gasteiger partial charge in [0, 0.05) is 14.0 Å². The first kappa shape index (κ1) is 11.4. The summed E-state index contributed by atoms with van der Waals surface area (Å²) in [6.07, 6.45) is 0. The molecule has 0 N–H and O–H groups in total. The number of rotatable bonds is 1. The molecular weight excluding hydrogens is 218 g/mol. The molecule has 0 amide bonds. The summed E-state index contributed by atoms with van der Waals surface area (Å²) in [6.45, 7) is 5.56. The zero-order chi connectivity index (χ0) is 9.72. The maximum absolute atomic E-state index is 10.8. The molecule has 0 saturated heterocycles. The molecule has 1 rings (SSSR count). The first-order chi connectivity index (χ1) is 5.63. The van der Waals surface area contributed by atoms with Crippen molar-refractivity contribution in [1.29, 1.82) is 0 Å². The topological polar surface area (TPSA) is 22.0 Å². The number of hydrogen-bond acceptors (Lipinski definition) is 1. The van der Waals surface area contributed by atoms with Gasteiger partial charge in [-0.2, -0.15) is 0 Å². The Labute approximate surface area is 81.7 Å². The van der Waals surface area contributed by atoms with Crippen LogP contribution in [0, 0.1) is 0 Å². The number of carbonyl (C=O) groups excluding carboxylic acids is 1. The summed E-state index contributed by atoms with van der Waals surface area (Å²) in [5.41, 5.74) is 0.729. The van der Waals surface area contributed by atoms with Crippen molar-refractivity contribution in [3.63, 3.8) is 0 Å². The molecule has 1 aromatic heterocycles. The maximum atomic E-state index is 10.8. The smallest absolute Gasteiger partial charge is 0.176 e. The van der Waals surface area contributed by atoms with Crippen LogP contribution in [0.25, 0.3) is 0 Å². The summed E-state index contributed by atoms with van der Waals surface area (Å²) in [7, 11) is 1.85. The van der Waals surface area contributed by atoms with Crippen LogP contribution in [0.4, 0.5) is 0 Å². The molecule has 0 atom stereocenters. The minimum absolute atomic E-state index is 0.0909. The summed E-state index contributed by atoms with van der Waals surface area (Å²) in [5, 5.41) is 0. The molecule has 0 radical (unpaired) electrons. The van der Waals surface area contributed by atoms with Gasteiger partial charge < -0.3 is 4.57 Å². The molecule has 68 valence electrons. The number of nitrogens with zero attached hydrogens (tertiary/aromatic N) is 1. The maximum Gasteiger partial charge on any atom is 0.176 e. The SMILES string of the molecule is CC.CC(=O)c1ccc(Br)n1C. The van der Waals surface area contributed by atoms with Crippen molar-refractivity contribution in [1.82, 2.24) is 4.57 Å². The molecule has 0 aliphatic rings. The molecule has 0 aliphatic heterocycles. The van der Waals surface area contributed by atoms with Crippen molar-refractivity contribution in [2.45, 2.75) is 20.8 Å². The number of Topliss-reactive ketones (excluding diaryl/α,β-unsaturated/α-hetero) is 1. The Morgan fingerprint density at radius 2 is 1.92 bits per heavy atom. The second-order valence-corrected chi connectivity index (χ2v) is 2.97. The molecule has 2 nitrogen and oxygen atoms in total. The van der Waals surface area contributed by atoms with E-state index >= 15 is 0 Å². The normalized spacial score (nSPS) is 8.75. The number of aromatic nitrogens is 1. The molecule has 3 heteroatoms. The lowest BCUT2D eigenvalue weighted by Crippen LogP contribution is -2.00. The summed E-state index contributed by atoms with van der Waals surface area (Å²) >= 11 is 3.30. The molecular formula is C9H14BrNO. The molecule has 0 aliphatic carbocycles. The Morgan fingerprint density at radius 3 is 2.08 bits per heavy atom. The van der Waals surface area contributed by atoms with Crippen LogP contribution in [0.2, 0.25) is 0 Å². The van der Waals surface area contributed by atoms with Gasteiger partial charge in [0.2, 0.25) is 0 Å². The minimum atomic E-state index is 0.0909. The van der Waals surface area contributed by atoms with E-state index in [0.29, 0.717) is 0 Å². The Morgan fingerprint density at radius 1 is 1.42 bits per heavy atom. The molecule has 12 heavy (non-hydrogen) atoms. The predicted molar refractivity (Wildman–Crippen MR) is 54.5 cm³/mol. The van der Waals surface area contributed by atoms with Gasteiger partial charge in [-0.1, -0.05) is 13.8 Å². The van der Waals surface area contributed by atoms with E-state index in [9.17, 15) is 4.79 Å². The van der Waals surface area contributed by atoms with Gasteiger partial charge in [-0.15, -0.1) is 0 Å². The van der Waals surface area contributed by atoms with Gasteiger partial charge >= 0.3 is 0 Å². The average molecular weight is 232 g/mol. The highest BCUT2D eigenvalue weighted by molar-refractivity contribution is 9.10. The Balaban J connectivity index is 0.000000561. The number of hydrogen-bond donors (Lipinski definition) is 0. The van der Waals surface area contributed by atoms with Crippen LogP contribution in [-0.4, -0.2) is 10.4 Å². The van der Waals surface area contributed by atoms with Gasteiger partial charge in [0.05, 0.1) is 10.3 Å². The van der Waals surface area contributed by atoms with Crippen LogP contribution in [0.1, 0.15) is 31.3 Å². The van der Waals surface area contributed by atoms with E-state index in [1.807, 2.05) is 31.5 Å². The number of carbonyl (C=O) groups is 1. The van der Waals surface area contributed by atoms with E-state index < -0.39 is 0 Å². The van der Waals surface area contributed by atoms with Crippen LogP contribution in [-0.2, 0) is 7.05 Å².